The second-order valence-electron chi connectivity index (χ2n) is 4.40. The molecule has 1 amide bonds. The third kappa shape index (κ3) is 3.95. The highest BCUT2D eigenvalue weighted by Gasteiger charge is 2.09. The Labute approximate surface area is 146 Å². The van der Waals surface area contributed by atoms with Gasteiger partial charge in [-0.05, 0) is 42.6 Å². The van der Waals surface area contributed by atoms with E-state index in [4.69, 9.17) is 28.2 Å². The van der Waals surface area contributed by atoms with E-state index in [1.165, 1.54) is 23.7 Å². The number of carbonyl (C=O) groups excluding carboxylic acids is 1. The maximum absolute atomic E-state index is 11.8. The number of benzene rings is 1. The molecule has 0 spiro atoms. The molecular weight excluding hydrogens is 354 g/mol. The van der Waals surface area contributed by atoms with Gasteiger partial charge in [0, 0.05) is 6.08 Å². The lowest BCUT2D eigenvalue weighted by Gasteiger charge is -2.04. The number of aromatic nitrogens is 1. The molecule has 0 bridgehead atoms. The molecule has 0 aliphatic rings. The molecule has 116 valence electrons. The van der Waals surface area contributed by atoms with E-state index in [2.05, 4.69) is 15.6 Å². The zero-order valence-electron chi connectivity index (χ0n) is 11.6. The van der Waals surface area contributed by atoms with Gasteiger partial charge in [0.05, 0.1) is 16.0 Å². The molecule has 1 aromatic carbocycles. The number of para-hydroxylation sites is 1. The molecular formula is C15H10ClN3O2S2. The van der Waals surface area contributed by atoms with Crippen molar-refractivity contribution in [2.75, 3.05) is 5.32 Å². The first-order valence-electron chi connectivity index (χ1n) is 6.50. The number of thiazole rings is 1. The van der Waals surface area contributed by atoms with Gasteiger partial charge >= 0.3 is 0 Å². The number of nitrogens with one attached hydrogen (secondary N) is 2. The second-order valence-corrected chi connectivity index (χ2v) is 6.24. The fourth-order valence-electron chi connectivity index (χ4n) is 1.79. The normalized spacial score (nSPS) is 11.0. The summed E-state index contributed by atoms with van der Waals surface area (Å²) in [6.07, 6.45) is 4.42. The van der Waals surface area contributed by atoms with Crippen LogP contribution in [0.4, 0.5) is 5.13 Å². The van der Waals surface area contributed by atoms with Crippen LogP contribution in [0, 0.1) is 0 Å². The Morgan fingerprint density at radius 1 is 1.35 bits per heavy atom. The molecule has 0 atom stereocenters. The number of hydrogen-bond donors (Lipinski definition) is 2. The van der Waals surface area contributed by atoms with Crippen LogP contribution in [-0.4, -0.2) is 16.0 Å². The monoisotopic (exact) mass is 363 g/mol. The fourth-order valence-corrected chi connectivity index (χ4v) is 3.23. The molecule has 0 unspecified atom stereocenters. The van der Waals surface area contributed by atoms with Crippen LogP contribution in [0.5, 0.6) is 0 Å². The molecule has 8 heteroatoms. The highest BCUT2D eigenvalue weighted by atomic mass is 35.5. The van der Waals surface area contributed by atoms with E-state index in [1.807, 2.05) is 12.1 Å². The molecule has 3 rings (SSSR count). The van der Waals surface area contributed by atoms with Gasteiger partial charge in [-0.1, -0.05) is 29.0 Å². The number of nitrogens with zero attached hydrogens (tertiary/aromatic N) is 1. The standard InChI is InChI=1S/C15H10ClN3O2S2/c16-10-4-1-5-11-13(10)18-15(23-11)19-14(22)17-12(20)7-6-9-3-2-8-21-9/h1-8H,(H2,17,18,19,20,22). The fraction of sp³-hybridized carbons (Fsp3) is 0. The number of furan rings is 1. The maximum atomic E-state index is 11.8. The third-order valence-corrected chi connectivity index (χ3v) is 4.21. The van der Waals surface area contributed by atoms with Crippen molar-refractivity contribution in [2.45, 2.75) is 0 Å². The Hall–Kier alpha value is -2.22. The van der Waals surface area contributed by atoms with Crippen LogP contribution in [0.25, 0.3) is 16.3 Å². The van der Waals surface area contributed by atoms with Gasteiger partial charge in [-0.3, -0.25) is 10.1 Å². The summed E-state index contributed by atoms with van der Waals surface area (Å²) in [6, 6.07) is 9.02. The number of hydrogen-bond acceptors (Lipinski definition) is 5. The first-order chi connectivity index (χ1) is 11.1. The number of halogens is 1. The number of carbonyl (C=O) groups is 1. The van der Waals surface area contributed by atoms with Gasteiger partial charge in [0.25, 0.3) is 0 Å². The van der Waals surface area contributed by atoms with Crippen LogP contribution in [0.2, 0.25) is 5.02 Å². The van der Waals surface area contributed by atoms with Crippen molar-refractivity contribution >= 4 is 67.6 Å². The number of rotatable bonds is 3. The van der Waals surface area contributed by atoms with Crippen molar-refractivity contribution in [3.05, 3.63) is 53.5 Å². The lowest BCUT2D eigenvalue weighted by atomic mass is 10.3. The Balaban J connectivity index is 1.62. The molecule has 0 fully saturated rings. The van der Waals surface area contributed by atoms with Crippen LogP contribution in [-0.2, 0) is 4.79 Å². The molecule has 5 nitrogen and oxygen atoms in total. The van der Waals surface area contributed by atoms with Crippen molar-refractivity contribution in [2.24, 2.45) is 0 Å². The number of thiocarbonyl (C=S) groups is 1. The second kappa shape index (κ2) is 6.91. The van der Waals surface area contributed by atoms with Crippen molar-refractivity contribution in [1.82, 2.24) is 10.3 Å². The van der Waals surface area contributed by atoms with E-state index in [-0.39, 0.29) is 11.0 Å². The summed E-state index contributed by atoms with van der Waals surface area (Å²) < 4.78 is 6.03. The van der Waals surface area contributed by atoms with Gasteiger partial charge in [0.15, 0.2) is 10.2 Å². The number of fused-ring (bicyclic) bond motifs is 1. The van der Waals surface area contributed by atoms with Gasteiger partial charge in [0.1, 0.15) is 11.3 Å². The summed E-state index contributed by atoms with van der Waals surface area (Å²) in [6.45, 7) is 0. The number of anilines is 1. The first kappa shape index (κ1) is 15.7. The van der Waals surface area contributed by atoms with Gasteiger partial charge in [-0.2, -0.15) is 0 Å². The Bertz CT molecular complexity index is 887. The zero-order valence-corrected chi connectivity index (χ0v) is 14.0. The zero-order chi connectivity index (χ0) is 16.2. The molecule has 23 heavy (non-hydrogen) atoms. The van der Waals surface area contributed by atoms with E-state index < -0.39 is 0 Å². The summed E-state index contributed by atoms with van der Waals surface area (Å²) in [5.74, 6) is 0.220. The summed E-state index contributed by atoms with van der Waals surface area (Å²) in [5, 5.41) is 6.71. The van der Waals surface area contributed by atoms with E-state index in [0.29, 0.717) is 21.4 Å². The molecule has 3 aromatic rings. The number of amides is 1. The molecule has 0 aliphatic heterocycles. The highest BCUT2D eigenvalue weighted by Crippen LogP contribution is 2.30. The van der Waals surface area contributed by atoms with E-state index >= 15 is 0 Å². The van der Waals surface area contributed by atoms with E-state index in [0.717, 1.165) is 4.70 Å². The molecule has 2 heterocycles. The van der Waals surface area contributed by atoms with Crippen LogP contribution in [0.1, 0.15) is 5.76 Å². The molecule has 0 radical (unpaired) electrons. The minimum atomic E-state index is -0.363. The Kier molecular flexibility index (Phi) is 4.71. The minimum absolute atomic E-state index is 0.161. The Morgan fingerprint density at radius 3 is 2.96 bits per heavy atom. The lowest BCUT2D eigenvalue weighted by molar-refractivity contribution is -0.115. The summed E-state index contributed by atoms with van der Waals surface area (Å²) in [5.41, 5.74) is 0.702. The van der Waals surface area contributed by atoms with Crippen LogP contribution >= 0.6 is 35.2 Å². The van der Waals surface area contributed by atoms with Crippen molar-refractivity contribution < 1.29 is 9.21 Å². The van der Waals surface area contributed by atoms with Crippen LogP contribution in [0.15, 0.2) is 47.1 Å². The summed E-state index contributed by atoms with van der Waals surface area (Å²) in [4.78, 5) is 16.1. The first-order valence-corrected chi connectivity index (χ1v) is 8.11. The summed E-state index contributed by atoms with van der Waals surface area (Å²) in [7, 11) is 0. The average Bonchev–Trinajstić information content (AvgIpc) is 3.14. The quantitative estimate of drug-likeness (QED) is 0.542. The van der Waals surface area contributed by atoms with Gasteiger partial charge in [-0.25, -0.2) is 4.98 Å². The largest absolute Gasteiger partial charge is 0.465 e. The third-order valence-electron chi connectivity index (χ3n) is 2.77. The molecule has 0 aliphatic carbocycles. The highest BCUT2D eigenvalue weighted by molar-refractivity contribution is 7.80. The molecule has 2 N–H and O–H groups in total. The van der Waals surface area contributed by atoms with E-state index in [9.17, 15) is 4.79 Å². The topological polar surface area (TPSA) is 67.2 Å². The van der Waals surface area contributed by atoms with Crippen molar-refractivity contribution in [3.63, 3.8) is 0 Å². The molecule has 0 saturated carbocycles. The smallest absolute Gasteiger partial charge is 0.250 e. The predicted molar refractivity (Wildman–Crippen MR) is 96.7 cm³/mol. The van der Waals surface area contributed by atoms with Gasteiger partial charge < -0.3 is 9.73 Å². The maximum Gasteiger partial charge on any atom is 0.250 e. The van der Waals surface area contributed by atoms with Gasteiger partial charge in [0.2, 0.25) is 5.91 Å². The van der Waals surface area contributed by atoms with Crippen LogP contribution in [0.3, 0.4) is 0 Å². The molecule has 2 aromatic heterocycles. The van der Waals surface area contributed by atoms with Crippen molar-refractivity contribution in [3.8, 4) is 0 Å². The SMILES string of the molecule is O=C(C=Cc1ccco1)NC(=S)Nc1nc2c(Cl)cccc2s1. The lowest BCUT2D eigenvalue weighted by Crippen LogP contribution is -2.32. The average molecular weight is 364 g/mol. The van der Waals surface area contributed by atoms with E-state index in [1.54, 1.807) is 24.3 Å². The minimum Gasteiger partial charge on any atom is -0.465 e. The van der Waals surface area contributed by atoms with Crippen molar-refractivity contribution in [1.29, 1.82) is 0 Å². The summed E-state index contributed by atoms with van der Waals surface area (Å²) >= 11 is 12.6. The predicted octanol–water partition coefficient (Wildman–Crippen LogP) is 4.07. The molecule has 0 saturated heterocycles. The Morgan fingerprint density at radius 2 is 2.22 bits per heavy atom. The van der Waals surface area contributed by atoms with Gasteiger partial charge in [-0.15, -0.1) is 0 Å². The van der Waals surface area contributed by atoms with Crippen LogP contribution < -0.4 is 10.6 Å².